The average Bonchev–Trinajstić information content (AvgIpc) is 2.88. The van der Waals surface area contributed by atoms with Crippen molar-refractivity contribution in [3.63, 3.8) is 0 Å². The van der Waals surface area contributed by atoms with Crippen molar-refractivity contribution in [2.75, 3.05) is 25.1 Å². The summed E-state index contributed by atoms with van der Waals surface area (Å²) in [6, 6.07) is 3.74. The molecule has 7 heteroatoms. The van der Waals surface area contributed by atoms with E-state index in [1.807, 2.05) is 0 Å². The molecule has 1 aliphatic rings. The van der Waals surface area contributed by atoms with Crippen molar-refractivity contribution in [3.8, 4) is 0 Å². The van der Waals surface area contributed by atoms with Gasteiger partial charge in [0.2, 0.25) is 0 Å². The summed E-state index contributed by atoms with van der Waals surface area (Å²) in [4.78, 5) is -0.259. The molecule has 3 N–H and O–H groups in total. The highest BCUT2D eigenvalue weighted by Gasteiger charge is 2.34. The van der Waals surface area contributed by atoms with Crippen LogP contribution in [0.3, 0.4) is 0 Å². The molecule has 0 radical (unpaired) electrons. The lowest BCUT2D eigenvalue weighted by atomic mass is 10.1. The molecule has 1 fully saturated rings. The van der Waals surface area contributed by atoms with Crippen LogP contribution in [0.15, 0.2) is 18.2 Å². The Hall–Kier alpha value is -1.34. The van der Waals surface area contributed by atoms with Gasteiger partial charge in [-0.15, -0.1) is 0 Å². The van der Waals surface area contributed by atoms with Crippen LogP contribution in [0.25, 0.3) is 0 Å². The number of benzene rings is 1. The summed E-state index contributed by atoms with van der Waals surface area (Å²) in [6.07, 6.45) is -3.51. The van der Waals surface area contributed by atoms with Gasteiger partial charge in [-0.2, -0.15) is 13.2 Å². The Labute approximate surface area is 120 Å². The van der Waals surface area contributed by atoms with Gasteiger partial charge in [-0.3, -0.25) is 0 Å². The minimum absolute atomic E-state index is 0.153. The van der Waals surface area contributed by atoms with Gasteiger partial charge in [0.05, 0.1) is 12.2 Å². The summed E-state index contributed by atoms with van der Waals surface area (Å²) in [6.45, 7) is 2.06. The molecular weight excluding hydrogens is 289 g/mol. The summed E-state index contributed by atoms with van der Waals surface area (Å²) >= 11 is 4.70. The number of hydrogen-bond acceptors (Lipinski definition) is 3. The first-order valence-corrected chi connectivity index (χ1v) is 6.61. The standard InChI is InChI=1S/C13H15F3N2OS/c14-13(15,16)11-2-1-9(5-10(11)12(17)20)18-6-8-3-4-19-7-8/h1-2,5,8,18H,3-4,6-7H2,(H2,17,20). The van der Waals surface area contributed by atoms with Gasteiger partial charge >= 0.3 is 6.18 Å². The maximum Gasteiger partial charge on any atom is 0.417 e. The summed E-state index contributed by atoms with van der Waals surface area (Å²) in [5.74, 6) is 0.380. The van der Waals surface area contributed by atoms with Crippen molar-refractivity contribution in [1.82, 2.24) is 0 Å². The third kappa shape index (κ3) is 3.61. The SMILES string of the molecule is NC(=S)c1cc(NCC2CCOC2)ccc1C(F)(F)F. The van der Waals surface area contributed by atoms with Crippen molar-refractivity contribution in [2.24, 2.45) is 11.7 Å². The molecular formula is C13H15F3N2OS. The quantitative estimate of drug-likeness (QED) is 0.840. The van der Waals surface area contributed by atoms with E-state index in [0.29, 0.717) is 24.8 Å². The van der Waals surface area contributed by atoms with Crippen LogP contribution in [0.1, 0.15) is 17.5 Å². The number of halogens is 3. The van der Waals surface area contributed by atoms with Gasteiger partial charge < -0.3 is 15.8 Å². The van der Waals surface area contributed by atoms with Gasteiger partial charge in [-0.25, -0.2) is 0 Å². The summed E-state index contributed by atoms with van der Waals surface area (Å²) in [5.41, 5.74) is 5.00. The van der Waals surface area contributed by atoms with Crippen LogP contribution in [-0.2, 0) is 10.9 Å². The molecule has 0 spiro atoms. The van der Waals surface area contributed by atoms with E-state index in [0.717, 1.165) is 19.1 Å². The summed E-state index contributed by atoms with van der Waals surface area (Å²) in [7, 11) is 0. The molecule has 20 heavy (non-hydrogen) atoms. The Kier molecular flexibility index (Phi) is 4.49. The molecule has 2 rings (SSSR count). The molecule has 1 aromatic rings. The predicted molar refractivity (Wildman–Crippen MR) is 74.7 cm³/mol. The third-order valence-corrected chi connectivity index (χ3v) is 3.43. The number of nitrogens with one attached hydrogen (secondary N) is 1. The number of hydrogen-bond donors (Lipinski definition) is 2. The number of anilines is 1. The van der Waals surface area contributed by atoms with Gasteiger partial charge in [0.15, 0.2) is 0 Å². The van der Waals surface area contributed by atoms with Crippen LogP contribution < -0.4 is 11.1 Å². The zero-order valence-electron chi connectivity index (χ0n) is 10.7. The fourth-order valence-electron chi connectivity index (χ4n) is 2.11. The number of rotatable bonds is 4. The molecule has 1 aliphatic heterocycles. The zero-order chi connectivity index (χ0) is 14.8. The highest BCUT2D eigenvalue weighted by molar-refractivity contribution is 7.80. The van der Waals surface area contributed by atoms with E-state index in [2.05, 4.69) is 5.32 Å². The second-order valence-electron chi connectivity index (χ2n) is 4.73. The maximum absolute atomic E-state index is 12.8. The van der Waals surface area contributed by atoms with E-state index in [1.54, 1.807) is 0 Å². The molecule has 1 aromatic carbocycles. The third-order valence-electron chi connectivity index (χ3n) is 3.21. The van der Waals surface area contributed by atoms with Crippen molar-refractivity contribution in [2.45, 2.75) is 12.6 Å². The van der Waals surface area contributed by atoms with E-state index in [9.17, 15) is 13.2 Å². The fourth-order valence-corrected chi connectivity index (χ4v) is 2.28. The lowest BCUT2D eigenvalue weighted by molar-refractivity contribution is -0.137. The van der Waals surface area contributed by atoms with E-state index in [-0.39, 0.29) is 10.6 Å². The number of alkyl halides is 3. The molecule has 0 saturated carbocycles. The average molecular weight is 304 g/mol. The maximum atomic E-state index is 12.8. The minimum atomic E-state index is -4.46. The Morgan fingerprint density at radius 3 is 2.75 bits per heavy atom. The fraction of sp³-hybridized carbons (Fsp3) is 0.462. The molecule has 0 aromatic heterocycles. The predicted octanol–water partition coefficient (Wildman–Crippen LogP) is 2.79. The monoisotopic (exact) mass is 304 g/mol. The number of ether oxygens (including phenoxy) is 1. The van der Waals surface area contributed by atoms with E-state index in [4.69, 9.17) is 22.7 Å². The van der Waals surface area contributed by atoms with Gasteiger partial charge in [-0.1, -0.05) is 12.2 Å². The van der Waals surface area contributed by atoms with E-state index >= 15 is 0 Å². The second kappa shape index (κ2) is 5.97. The van der Waals surface area contributed by atoms with Crippen molar-refractivity contribution >= 4 is 22.9 Å². The molecule has 110 valence electrons. The van der Waals surface area contributed by atoms with E-state index in [1.165, 1.54) is 12.1 Å². The topological polar surface area (TPSA) is 47.3 Å². The Morgan fingerprint density at radius 2 is 2.20 bits per heavy atom. The summed E-state index contributed by atoms with van der Waals surface area (Å²) < 4.78 is 43.7. The van der Waals surface area contributed by atoms with Gasteiger partial charge in [0.25, 0.3) is 0 Å². The normalized spacial score (nSPS) is 19.1. The molecule has 0 aliphatic carbocycles. The molecule has 0 bridgehead atoms. The lowest BCUT2D eigenvalue weighted by Crippen LogP contribution is -2.19. The van der Waals surface area contributed by atoms with Crippen LogP contribution in [0.5, 0.6) is 0 Å². The first-order chi connectivity index (χ1) is 9.38. The van der Waals surface area contributed by atoms with E-state index < -0.39 is 11.7 Å². The van der Waals surface area contributed by atoms with Crippen LogP contribution in [0.2, 0.25) is 0 Å². The highest BCUT2D eigenvalue weighted by Crippen LogP contribution is 2.33. The van der Waals surface area contributed by atoms with Gasteiger partial charge in [0.1, 0.15) is 4.99 Å². The minimum Gasteiger partial charge on any atom is -0.389 e. The molecule has 3 nitrogen and oxygen atoms in total. The number of nitrogens with two attached hydrogens (primary N) is 1. The molecule has 1 atom stereocenters. The smallest absolute Gasteiger partial charge is 0.389 e. The zero-order valence-corrected chi connectivity index (χ0v) is 11.5. The van der Waals surface area contributed by atoms with Crippen LogP contribution in [-0.4, -0.2) is 24.7 Å². The molecule has 1 unspecified atom stereocenters. The van der Waals surface area contributed by atoms with Crippen LogP contribution in [0.4, 0.5) is 18.9 Å². The van der Waals surface area contributed by atoms with Crippen molar-refractivity contribution < 1.29 is 17.9 Å². The van der Waals surface area contributed by atoms with Gasteiger partial charge in [0, 0.05) is 30.3 Å². The van der Waals surface area contributed by atoms with Crippen molar-refractivity contribution in [1.29, 1.82) is 0 Å². The van der Waals surface area contributed by atoms with Crippen molar-refractivity contribution in [3.05, 3.63) is 29.3 Å². The molecule has 1 saturated heterocycles. The Balaban J connectivity index is 2.15. The highest BCUT2D eigenvalue weighted by atomic mass is 32.1. The first kappa shape index (κ1) is 15.1. The molecule has 0 amide bonds. The van der Waals surface area contributed by atoms with Crippen LogP contribution in [0, 0.1) is 5.92 Å². The first-order valence-electron chi connectivity index (χ1n) is 6.20. The van der Waals surface area contributed by atoms with Crippen LogP contribution >= 0.6 is 12.2 Å². The largest absolute Gasteiger partial charge is 0.417 e. The molecule has 1 heterocycles. The summed E-state index contributed by atoms with van der Waals surface area (Å²) in [5, 5.41) is 3.10. The van der Waals surface area contributed by atoms with Gasteiger partial charge in [-0.05, 0) is 24.6 Å². The number of thiocarbonyl (C=S) groups is 1. The second-order valence-corrected chi connectivity index (χ2v) is 5.17. The lowest BCUT2D eigenvalue weighted by Gasteiger charge is -2.15. The Morgan fingerprint density at radius 1 is 1.45 bits per heavy atom. The Bertz CT molecular complexity index is 499.